The third-order valence-electron chi connectivity index (χ3n) is 7.18. The lowest BCUT2D eigenvalue weighted by Gasteiger charge is -2.40. The number of thiophene rings is 1. The summed E-state index contributed by atoms with van der Waals surface area (Å²) in [4.78, 5) is 37.3. The lowest BCUT2D eigenvalue weighted by atomic mass is 9.79. The third-order valence-corrected chi connectivity index (χ3v) is 8.21. The van der Waals surface area contributed by atoms with Crippen LogP contribution in [0, 0.1) is 29.1 Å². The van der Waals surface area contributed by atoms with Gasteiger partial charge in [-0.25, -0.2) is 14.8 Å². The number of amides is 1. The molecule has 0 spiro atoms. The van der Waals surface area contributed by atoms with Gasteiger partial charge in [0.15, 0.2) is 0 Å². The van der Waals surface area contributed by atoms with Gasteiger partial charge in [-0.3, -0.25) is 4.79 Å². The van der Waals surface area contributed by atoms with Crippen molar-refractivity contribution in [1.82, 2.24) is 9.97 Å². The molecule has 1 N–H and O–H groups in total. The molecule has 8 heteroatoms. The van der Waals surface area contributed by atoms with Gasteiger partial charge in [0.1, 0.15) is 17.3 Å². The maximum atomic E-state index is 14.2. The van der Waals surface area contributed by atoms with Crippen LogP contribution in [0.15, 0.2) is 36.3 Å². The molecule has 0 radical (unpaired) electrons. The Bertz CT molecular complexity index is 1240. The number of hydrogen-bond donors (Lipinski definition) is 1. The maximum Gasteiger partial charge on any atom is 0.348 e. The normalized spacial score (nSPS) is 23.6. The minimum atomic E-state index is -1.03. The number of hydrogen-bond acceptors (Lipinski definition) is 6. The summed E-state index contributed by atoms with van der Waals surface area (Å²) in [5.41, 5.74) is 1.56. The van der Waals surface area contributed by atoms with E-state index in [9.17, 15) is 14.7 Å². The van der Waals surface area contributed by atoms with Crippen LogP contribution in [-0.4, -0.2) is 39.1 Å². The van der Waals surface area contributed by atoms with Gasteiger partial charge in [-0.2, -0.15) is 0 Å². The van der Waals surface area contributed by atoms with Crippen molar-refractivity contribution in [3.63, 3.8) is 0 Å². The number of aromatic nitrogens is 2. The first kappa shape index (κ1) is 27.8. The van der Waals surface area contributed by atoms with Crippen molar-refractivity contribution in [3.05, 3.63) is 46.1 Å². The Labute approximate surface area is 229 Å². The van der Waals surface area contributed by atoms with Crippen LogP contribution in [-0.2, 0) is 4.79 Å². The number of rotatable bonds is 6. The molecule has 1 amide bonds. The van der Waals surface area contributed by atoms with E-state index in [0.717, 1.165) is 43.4 Å². The van der Waals surface area contributed by atoms with Crippen molar-refractivity contribution in [2.45, 2.75) is 85.3 Å². The Balaban J connectivity index is 1.65. The van der Waals surface area contributed by atoms with E-state index in [2.05, 4.69) is 41.7 Å². The summed E-state index contributed by atoms with van der Waals surface area (Å²) < 4.78 is 6.05. The highest BCUT2D eigenvalue weighted by atomic mass is 32.1. The van der Waals surface area contributed by atoms with Gasteiger partial charge in [-0.1, -0.05) is 30.4 Å². The van der Waals surface area contributed by atoms with E-state index in [4.69, 9.17) is 4.74 Å². The molecule has 1 fully saturated rings. The van der Waals surface area contributed by atoms with Crippen molar-refractivity contribution in [2.24, 2.45) is 17.3 Å². The lowest BCUT2D eigenvalue weighted by Crippen LogP contribution is -2.48. The minimum Gasteiger partial charge on any atom is -0.477 e. The quantitative estimate of drug-likeness (QED) is 0.342. The molecule has 2 aliphatic carbocycles. The van der Waals surface area contributed by atoms with E-state index < -0.39 is 5.97 Å². The molecule has 4 rings (SSSR count). The highest BCUT2D eigenvalue weighted by molar-refractivity contribution is 7.15. The maximum absolute atomic E-state index is 14.2. The summed E-state index contributed by atoms with van der Waals surface area (Å²) >= 11 is 1.15. The number of anilines is 1. The van der Waals surface area contributed by atoms with Crippen LogP contribution in [0.5, 0.6) is 5.88 Å². The van der Waals surface area contributed by atoms with Gasteiger partial charge in [-0.05, 0) is 78.2 Å². The topological polar surface area (TPSA) is 92.6 Å². The fraction of sp³-hybridized carbons (Fsp3) is 0.533. The van der Waals surface area contributed by atoms with Gasteiger partial charge in [0, 0.05) is 29.6 Å². The van der Waals surface area contributed by atoms with Gasteiger partial charge in [0.25, 0.3) is 0 Å². The number of nitrogens with zero attached hydrogens (tertiary/aromatic N) is 3. The predicted molar refractivity (Wildman–Crippen MR) is 149 cm³/mol. The molecule has 202 valence electrons. The Kier molecular flexibility index (Phi) is 8.57. The van der Waals surface area contributed by atoms with Crippen LogP contribution < -0.4 is 9.64 Å². The summed E-state index contributed by atoms with van der Waals surface area (Å²) in [6.45, 7) is 10.3. The first-order valence-electron chi connectivity index (χ1n) is 13.3. The summed E-state index contributed by atoms with van der Waals surface area (Å²) in [5, 5.41) is 10.1. The number of carboxylic acids is 1. The fourth-order valence-electron chi connectivity index (χ4n) is 5.28. The number of carboxylic acid groups (broad SMARTS) is 1. The second kappa shape index (κ2) is 11.7. The molecule has 0 bridgehead atoms. The van der Waals surface area contributed by atoms with Gasteiger partial charge >= 0.3 is 5.97 Å². The highest BCUT2D eigenvalue weighted by Crippen LogP contribution is 2.39. The van der Waals surface area contributed by atoms with Crippen LogP contribution >= 0.6 is 11.3 Å². The van der Waals surface area contributed by atoms with Crippen LogP contribution in [0.1, 0.15) is 87.7 Å². The van der Waals surface area contributed by atoms with Gasteiger partial charge < -0.3 is 14.7 Å². The number of carbonyl (C=O) groups is 2. The fourth-order valence-corrected chi connectivity index (χ4v) is 6.12. The lowest BCUT2D eigenvalue weighted by molar-refractivity contribution is -0.124. The van der Waals surface area contributed by atoms with Crippen molar-refractivity contribution in [1.29, 1.82) is 0 Å². The molecule has 0 saturated heterocycles. The van der Waals surface area contributed by atoms with Gasteiger partial charge in [0.05, 0.1) is 10.6 Å². The smallest absolute Gasteiger partial charge is 0.348 e. The Hall–Kier alpha value is -3.18. The average molecular weight is 536 g/mol. The predicted octanol–water partition coefficient (Wildman–Crippen LogP) is 6.35. The van der Waals surface area contributed by atoms with Crippen molar-refractivity contribution in [3.8, 4) is 17.7 Å². The zero-order valence-electron chi connectivity index (χ0n) is 22.9. The van der Waals surface area contributed by atoms with Crippen LogP contribution in [0.3, 0.4) is 0 Å². The molecule has 0 aliphatic heterocycles. The molecule has 2 aromatic rings. The largest absolute Gasteiger partial charge is 0.477 e. The van der Waals surface area contributed by atoms with Gasteiger partial charge in [0.2, 0.25) is 11.8 Å². The summed E-state index contributed by atoms with van der Waals surface area (Å²) in [6.07, 6.45) is 9.75. The summed E-state index contributed by atoms with van der Waals surface area (Å²) in [7, 11) is 0. The van der Waals surface area contributed by atoms with E-state index in [0.29, 0.717) is 22.9 Å². The highest BCUT2D eigenvalue weighted by Gasteiger charge is 2.39. The van der Waals surface area contributed by atoms with Crippen LogP contribution in [0.25, 0.3) is 0 Å². The molecule has 2 aromatic heterocycles. The molecular weight excluding hydrogens is 498 g/mol. The minimum absolute atomic E-state index is 0.00748. The molecule has 1 unspecified atom stereocenters. The number of allylic oxidation sites excluding steroid dienone is 2. The van der Waals surface area contributed by atoms with E-state index >= 15 is 0 Å². The van der Waals surface area contributed by atoms with Gasteiger partial charge in [-0.15, -0.1) is 11.3 Å². The zero-order chi connectivity index (χ0) is 27.4. The van der Waals surface area contributed by atoms with Crippen molar-refractivity contribution >= 4 is 28.9 Å². The Morgan fingerprint density at radius 3 is 2.55 bits per heavy atom. The molecule has 1 saturated carbocycles. The average Bonchev–Trinajstić information content (AvgIpc) is 3.28. The standard InChI is InChI=1S/C30H37N3O4S/c1-19-6-11-24(20(2)16-19)28(34)33(21-7-9-22(10-8-21)37-26-13-15-31-18-32-26)25-17-23(12-14-30(3,4)5)38-27(25)29(35)36/h6,13,15,17-18,20-22,24H,7-11,16H2,1-5H3,(H,35,36)/t20-,21?,22?,24?/m0/s1. The molecular formula is C30H37N3O4S. The SMILES string of the molecule is CC1=CCC(C(=O)N(c2cc(C#CC(C)(C)C)sc2C(=O)O)C2CCC(Oc3ccncn3)CC2)[C@@H](C)C1. The zero-order valence-corrected chi connectivity index (χ0v) is 23.7. The van der Waals surface area contributed by atoms with E-state index in [1.807, 2.05) is 26.8 Å². The van der Waals surface area contributed by atoms with E-state index in [-0.39, 0.29) is 40.2 Å². The number of carbonyl (C=O) groups excluding carboxylic acids is 1. The second-order valence-corrected chi connectivity index (χ2v) is 12.6. The molecule has 2 heterocycles. The second-order valence-electron chi connectivity index (χ2n) is 11.5. The first-order chi connectivity index (χ1) is 18.0. The molecule has 38 heavy (non-hydrogen) atoms. The van der Waals surface area contributed by atoms with Crippen LogP contribution in [0.2, 0.25) is 0 Å². The van der Waals surface area contributed by atoms with E-state index in [1.54, 1.807) is 17.2 Å². The number of ether oxygens (including phenoxy) is 1. The number of aromatic carboxylic acids is 1. The third kappa shape index (κ3) is 6.82. The Morgan fingerprint density at radius 2 is 1.95 bits per heavy atom. The van der Waals surface area contributed by atoms with Crippen molar-refractivity contribution in [2.75, 3.05) is 4.90 Å². The molecule has 0 aromatic carbocycles. The monoisotopic (exact) mass is 535 g/mol. The molecule has 2 atom stereocenters. The van der Waals surface area contributed by atoms with Crippen molar-refractivity contribution < 1.29 is 19.4 Å². The van der Waals surface area contributed by atoms with Crippen LogP contribution in [0.4, 0.5) is 5.69 Å². The Morgan fingerprint density at radius 1 is 1.21 bits per heavy atom. The summed E-state index contributed by atoms with van der Waals surface area (Å²) in [5.74, 6) is 5.89. The molecule has 2 aliphatic rings. The van der Waals surface area contributed by atoms with E-state index in [1.165, 1.54) is 11.9 Å². The first-order valence-corrected chi connectivity index (χ1v) is 14.1. The summed E-state index contributed by atoms with van der Waals surface area (Å²) in [6, 6.07) is 3.44. The molecule has 7 nitrogen and oxygen atoms in total.